The fourth-order valence-corrected chi connectivity index (χ4v) is 3.56. The molecule has 108 valence electrons. The summed E-state index contributed by atoms with van der Waals surface area (Å²) >= 11 is 0. The largest absolute Gasteiger partial charge is 0.328 e. The second-order valence-electron chi connectivity index (χ2n) is 6.23. The number of hydrogen-bond donors (Lipinski definition) is 1. The summed E-state index contributed by atoms with van der Waals surface area (Å²) in [5, 5.41) is 0. The first-order chi connectivity index (χ1) is 9.70. The Morgan fingerprint density at radius 2 is 2.10 bits per heavy atom. The summed E-state index contributed by atoms with van der Waals surface area (Å²) in [7, 11) is 0. The molecule has 1 aliphatic carbocycles. The van der Waals surface area contributed by atoms with E-state index < -0.39 is 0 Å². The molecule has 1 fully saturated rings. The molecule has 1 aromatic carbocycles. The van der Waals surface area contributed by atoms with Gasteiger partial charge in [0.2, 0.25) is 0 Å². The number of hydrogen-bond acceptors (Lipinski definition) is 2. The molecule has 3 rings (SSSR count). The van der Waals surface area contributed by atoms with Crippen LogP contribution >= 0.6 is 0 Å². The molecule has 3 nitrogen and oxygen atoms in total. The monoisotopic (exact) mass is 271 g/mol. The lowest BCUT2D eigenvalue weighted by atomic mass is 9.93. The topological polar surface area (TPSA) is 43.8 Å². The lowest BCUT2D eigenvalue weighted by molar-refractivity contribution is 0.379. The Labute approximate surface area is 121 Å². The summed E-state index contributed by atoms with van der Waals surface area (Å²) in [6, 6.07) is 8.86. The van der Waals surface area contributed by atoms with Crippen LogP contribution in [0.15, 0.2) is 24.3 Å². The molecule has 3 unspecified atom stereocenters. The van der Waals surface area contributed by atoms with Crippen LogP contribution in [0.1, 0.15) is 38.9 Å². The van der Waals surface area contributed by atoms with E-state index >= 15 is 0 Å². The third-order valence-electron chi connectivity index (χ3n) is 4.92. The fourth-order valence-electron chi connectivity index (χ4n) is 3.56. The number of nitrogens with zero attached hydrogens (tertiary/aromatic N) is 2. The zero-order chi connectivity index (χ0) is 14.1. The van der Waals surface area contributed by atoms with Crippen molar-refractivity contribution in [2.75, 3.05) is 0 Å². The van der Waals surface area contributed by atoms with Crippen LogP contribution in [-0.4, -0.2) is 15.6 Å². The maximum absolute atomic E-state index is 6.17. The first kappa shape index (κ1) is 13.6. The molecule has 1 saturated carbocycles. The van der Waals surface area contributed by atoms with Crippen LogP contribution in [0.3, 0.4) is 0 Å². The van der Waals surface area contributed by atoms with Crippen LogP contribution < -0.4 is 5.73 Å². The number of benzene rings is 1. The van der Waals surface area contributed by atoms with Gasteiger partial charge < -0.3 is 10.3 Å². The minimum absolute atomic E-state index is 0.379. The molecule has 2 aromatic rings. The maximum atomic E-state index is 6.17. The average Bonchev–Trinajstić information content (AvgIpc) is 2.95. The van der Waals surface area contributed by atoms with E-state index in [-0.39, 0.29) is 0 Å². The summed E-state index contributed by atoms with van der Waals surface area (Å²) in [4.78, 5) is 4.88. The van der Waals surface area contributed by atoms with Gasteiger partial charge in [0.15, 0.2) is 0 Å². The second-order valence-corrected chi connectivity index (χ2v) is 6.23. The summed E-state index contributed by atoms with van der Waals surface area (Å²) in [6.45, 7) is 5.59. The smallest absolute Gasteiger partial charge is 0.110 e. The van der Waals surface area contributed by atoms with Crippen molar-refractivity contribution in [2.45, 2.75) is 52.1 Å². The van der Waals surface area contributed by atoms with Crippen molar-refractivity contribution in [3.8, 4) is 0 Å². The van der Waals surface area contributed by atoms with Gasteiger partial charge in [0, 0.05) is 19.0 Å². The first-order valence-corrected chi connectivity index (χ1v) is 7.90. The van der Waals surface area contributed by atoms with E-state index in [9.17, 15) is 0 Å². The first-order valence-electron chi connectivity index (χ1n) is 7.90. The van der Waals surface area contributed by atoms with Gasteiger partial charge in [-0.1, -0.05) is 26.0 Å². The van der Waals surface area contributed by atoms with Crippen LogP contribution in [0, 0.1) is 11.8 Å². The van der Waals surface area contributed by atoms with Gasteiger partial charge in [0.05, 0.1) is 11.0 Å². The maximum Gasteiger partial charge on any atom is 0.110 e. The molecule has 2 N–H and O–H groups in total. The van der Waals surface area contributed by atoms with Crippen LogP contribution in [0.5, 0.6) is 0 Å². The second kappa shape index (κ2) is 5.57. The minimum atomic E-state index is 0.379. The van der Waals surface area contributed by atoms with Gasteiger partial charge in [0.25, 0.3) is 0 Å². The van der Waals surface area contributed by atoms with E-state index in [4.69, 9.17) is 10.7 Å². The van der Waals surface area contributed by atoms with Gasteiger partial charge in [-0.05, 0) is 43.2 Å². The summed E-state index contributed by atoms with van der Waals surface area (Å²) in [6.07, 6.45) is 4.63. The molecule has 0 spiro atoms. The Bertz CT molecular complexity index is 587. The highest BCUT2D eigenvalue weighted by Gasteiger charge is 2.31. The normalized spacial score (nSPS) is 26.4. The van der Waals surface area contributed by atoms with Crippen molar-refractivity contribution >= 4 is 11.0 Å². The van der Waals surface area contributed by atoms with Crippen molar-refractivity contribution in [3.05, 3.63) is 30.1 Å². The number of aromatic nitrogens is 2. The zero-order valence-electron chi connectivity index (χ0n) is 12.5. The SMILES string of the molecule is CCCn1c(CC2CCC(N)C2C)nc2ccccc21. The standard InChI is InChI=1S/C17H25N3/c1-3-10-20-16-7-5-4-6-15(16)19-17(20)11-13-8-9-14(18)12(13)2/h4-7,12-14H,3,8-11,18H2,1-2H3. The van der Waals surface area contributed by atoms with Crippen LogP contribution in [0.25, 0.3) is 11.0 Å². The van der Waals surface area contributed by atoms with Gasteiger partial charge in [-0.15, -0.1) is 0 Å². The Morgan fingerprint density at radius 1 is 1.30 bits per heavy atom. The van der Waals surface area contributed by atoms with Crippen molar-refractivity contribution in [3.63, 3.8) is 0 Å². The molecule has 0 amide bonds. The molecular formula is C17H25N3. The molecule has 3 atom stereocenters. The Balaban J connectivity index is 1.92. The molecule has 0 bridgehead atoms. The van der Waals surface area contributed by atoms with Gasteiger partial charge >= 0.3 is 0 Å². The van der Waals surface area contributed by atoms with Crippen molar-refractivity contribution < 1.29 is 0 Å². The van der Waals surface area contributed by atoms with Crippen molar-refractivity contribution in [1.82, 2.24) is 9.55 Å². The Morgan fingerprint density at radius 3 is 2.80 bits per heavy atom. The molecule has 0 saturated heterocycles. The number of fused-ring (bicyclic) bond motifs is 1. The highest BCUT2D eigenvalue weighted by molar-refractivity contribution is 5.75. The fraction of sp³-hybridized carbons (Fsp3) is 0.588. The highest BCUT2D eigenvalue weighted by Crippen LogP contribution is 2.33. The Hall–Kier alpha value is -1.35. The number of para-hydroxylation sites is 2. The number of nitrogens with two attached hydrogens (primary N) is 1. The average molecular weight is 271 g/mol. The summed E-state index contributed by atoms with van der Waals surface area (Å²) in [5.41, 5.74) is 8.57. The summed E-state index contributed by atoms with van der Waals surface area (Å²) < 4.78 is 2.41. The van der Waals surface area contributed by atoms with Gasteiger partial charge in [-0.3, -0.25) is 0 Å². The molecule has 1 heterocycles. The highest BCUT2D eigenvalue weighted by atomic mass is 15.1. The van der Waals surface area contributed by atoms with Crippen molar-refractivity contribution in [2.24, 2.45) is 17.6 Å². The molecular weight excluding hydrogens is 246 g/mol. The van der Waals surface area contributed by atoms with E-state index in [0.29, 0.717) is 17.9 Å². The predicted molar refractivity (Wildman–Crippen MR) is 83.6 cm³/mol. The zero-order valence-corrected chi connectivity index (χ0v) is 12.5. The van der Waals surface area contributed by atoms with Gasteiger partial charge in [-0.2, -0.15) is 0 Å². The number of rotatable bonds is 4. The third kappa shape index (κ3) is 2.35. The number of imidazole rings is 1. The van der Waals surface area contributed by atoms with Gasteiger partial charge in [-0.25, -0.2) is 4.98 Å². The quantitative estimate of drug-likeness (QED) is 0.926. The summed E-state index contributed by atoms with van der Waals surface area (Å²) in [5.74, 6) is 2.56. The van der Waals surface area contributed by atoms with Crippen LogP contribution in [0.4, 0.5) is 0 Å². The molecule has 20 heavy (non-hydrogen) atoms. The van der Waals surface area contributed by atoms with Crippen LogP contribution in [0.2, 0.25) is 0 Å². The third-order valence-corrected chi connectivity index (χ3v) is 4.92. The lowest BCUT2D eigenvalue weighted by Crippen LogP contribution is -2.26. The van der Waals surface area contributed by atoms with Crippen molar-refractivity contribution in [1.29, 1.82) is 0 Å². The van der Waals surface area contributed by atoms with Crippen LogP contribution in [-0.2, 0) is 13.0 Å². The van der Waals surface area contributed by atoms with E-state index in [1.165, 1.54) is 24.2 Å². The lowest BCUT2D eigenvalue weighted by Gasteiger charge is -2.18. The minimum Gasteiger partial charge on any atom is -0.328 e. The number of aryl methyl sites for hydroxylation is 1. The van der Waals surface area contributed by atoms with E-state index in [2.05, 4.69) is 42.7 Å². The van der Waals surface area contributed by atoms with E-state index in [0.717, 1.165) is 24.9 Å². The predicted octanol–water partition coefficient (Wildman–Crippen LogP) is 3.36. The molecule has 3 heteroatoms. The molecule has 1 aliphatic rings. The molecule has 1 aromatic heterocycles. The molecule has 0 radical (unpaired) electrons. The van der Waals surface area contributed by atoms with E-state index in [1.807, 2.05) is 0 Å². The van der Waals surface area contributed by atoms with E-state index in [1.54, 1.807) is 0 Å². The molecule has 0 aliphatic heterocycles. The van der Waals surface area contributed by atoms with Gasteiger partial charge in [0.1, 0.15) is 5.82 Å². The Kier molecular flexibility index (Phi) is 3.79.